The van der Waals surface area contributed by atoms with E-state index in [2.05, 4.69) is 56.8 Å². The monoisotopic (exact) mass is 493 g/mol. The molecule has 8 heteroatoms. The number of hydrogen-bond donors (Lipinski definition) is 0. The third-order valence-electron chi connectivity index (χ3n) is 6.75. The van der Waals surface area contributed by atoms with Crippen molar-refractivity contribution in [1.82, 2.24) is 25.1 Å². The van der Waals surface area contributed by atoms with E-state index in [4.69, 9.17) is 4.74 Å². The van der Waals surface area contributed by atoms with Gasteiger partial charge in [-0.15, -0.1) is 5.10 Å². The van der Waals surface area contributed by atoms with Crippen LogP contribution in [0, 0.1) is 0 Å². The van der Waals surface area contributed by atoms with Gasteiger partial charge in [-0.2, -0.15) is 0 Å². The zero-order chi connectivity index (χ0) is 25.7. The van der Waals surface area contributed by atoms with Crippen molar-refractivity contribution in [2.24, 2.45) is 0 Å². The highest BCUT2D eigenvalue weighted by Crippen LogP contribution is 2.43. The topological polar surface area (TPSA) is 90.2 Å². The fraction of sp³-hybridized carbons (Fsp3) is 0.207. The Labute approximate surface area is 215 Å². The Morgan fingerprint density at radius 1 is 0.919 bits per heavy atom. The van der Waals surface area contributed by atoms with Crippen LogP contribution in [-0.2, 0) is 26.4 Å². The molecule has 0 atom stereocenters. The summed E-state index contributed by atoms with van der Waals surface area (Å²) >= 11 is 0. The highest BCUT2D eigenvalue weighted by Gasteiger charge is 2.44. The van der Waals surface area contributed by atoms with Gasteiger partial charge in [0, 0.05) is 25.1 Å². The van der Waals surface area contributed by atoms with Gasteiger partial charge in [-0.05, 0) is 33.2 Å². The number of hydrogen-bond acceptors (Lipinski definition) is 7. The molecule has 1 aliphatic rings. The number of ether oxygens (including phenoxy) is 1. The minimum atomic E-state index is -0.637. The first kappa shape index (κ1) is 24.3. The molecule has 0 saturated carbocycles. The number of esters is 1. The molecular weight excluding hydrogens is 466 g/mol. The van der Waals surface area contributed by atoms with Gasteiger partial charge in [-0.25, -0.2) is 4.68 Å². The number of nitrogens with zero attached hydrogens (tertiary/aromatic N) is 5. The van der Waals surface area contributed by atoms with Crippen molar-refractivity contribution in [2.75, 3.05) is 20.2 Å². The smallest absolute Gasteiger partial charge is 0.327 e. The minimum absolute atomic E-state index is 0.0342. The summed E-state index contributed by atoms with van der Waals surface area (Å²) in [6.07, 6.45) is 2.03. The van der Waals surface area contributed by atoms with Crippen molar-refractivity contribution in [3.8, 4) is 0 Å². The Morgan fingerprint density at radius 2 is 1.46 bits per heavy atom. The summed E-state index contributed by atoms with van der Waals surface area (Å²) in [6, 6.07) is 31.1. The molecule has 1 saturated heterocycles. The molecule has 186 valence electrons. The molecule has 0 spiro atoms. The van der Waals surface area contributed by atoms with E-state index in [1.165, 1.54) is 11.8 Å². The van der Waals surface area contributed by atoms with Gasteiger partial charge in [0.25, 0.3) is 0 Å². The molecule has 0 N–H and O–H groups in total. The molecule has 0 amide bonds. The van der Waals surface area contributed by atoms with Crippen LogP contribution in [0.3, 0.4) is 0 Å². The SMILES string of the molecule is COC(=O)Cn1nnnc1C=C1CN(C(c2ccccc2)(c2ccccc2)c2ccccc2)CCC1=O. The lowest BCUT2D eigenvalue weighted by molar-refractivity contribution is -0.141. The quantitative estimate of drug-likeness (QED) is 0.221. The van der Waals surface area contributed by atoms with E-state index in [-0.39, 0.29) is 12.3 Å². The number of likely N-dealkylation sites (tertiary alicyclic amines) is 1. The van der Waals surface area contributed by atoms with Crippen molar-refractivity contribution in [3.63, 3.8) is 0 Å². The first-order chi connectivity index (χ1) is 18.1. The van der Waals surface area contributed by atoms with Crippen molar-refractivity contribution < 1.29 is 14.3 Å². The Balaban J connectivity index is 1.64. The van der Waals surface area contributed by atoms with Crippen LogP contribution in [0.15, 0.2) is 96.6 Å². The van der Waals surface area contributed by atoms with E-state index in [1.807, 2.05) is 54.6 Å². The molecule has 0 unspecified atom stereocenters. The van der Waals surface area contributed by atoms with Crippen LogP contribution in [0.2, 0.25) is 0 Å². The van der Waals surface area contributed by atoms with Crippen LogP contribution in [0.1, 0.15) is 28.9 Å². The number of tetrazole rings is 1. The Kier molecular flexibility index (Phi) is 7.00. The summed E-state index contributed by atoms with van der Waals surface area (Å²) in [7, 11) is 1.31. The van der Waals surface area contributed by atoms with Gasteiger partial charge in [0.2, 0.25) is 0 Å². The lowest BCUT2D eigenvalue weighted by Gasteiger charge is -2.47. The number of ketones is 1. The van der Waals surface area contributed by atoms with Crippen LogP contribution in [0.5, 0.6) is 0 Å². The van der Waals surface area contributed by atoms with Gasteiger partial charge in [-0.3, -0.25) is 14.5 Å². The highest BCUT2D eigenvalue weighted by molar-refractivity contribution is 6.00. The predicted molar refractivity (Wildman–Crippen MR) is 138 cm³/mol. The molecule has 0 radical (unpaired) electrons. The van der Waals surface area contributed by atoms with Gasteiger partial charge >= 0.3 is 5.97 Å². The second-order valence-electron chi connectivity index (χ2n) is 8.84. The van der Waals surface area contributed by atoms with Crippen molar-refractivity contribution in [3.05, 3.63) is 119 Å². The Hall–Kier alpha value is -4.43. The first-order valence-electron chi connectivity index (χ1n) is 12.1. The first-order valence-corrected chi connectivity index (χ1v) is 12.1. The van der Waals surface area contributed by atoms with Crippen LogP contribution >= 0.6 is 0 Å². The molecular formula is C29H27N5O3. The molecule has 3 aromatic carbocycles. The average molecular weight is 494 g/mol. The van der Waals surface area contributed by atoms with Crippen LogP contribution in [0.4, 0.5) is 0 Å². The fourth-order valence-electron chi connectivity index (χ4n) is 5.04. The predicted octanol–water partition coefficient (Wildman–Crippen LogP) is 3.50. The van der Waals surface area contributed by atoms with Crippen LogP contribution in [0.25, 0.3) is 6.08 Å². The third kappa shape index (κ3) is 4.71. The maximum absolute atomic E-state index is 13.1. The zero-order valence-corrected chi connectivity index (χ0v) is 20.5. The number of rotatable bonds is 7. The minimum Gasteiger partial charge on any atom is -0.468 e. The maximum atomic E-state index is 13.1. The molecule has 4 aromatic rings. The molecule has 37 heavy (non-hydrogen) atoms. The summed E-state index contributed by atoms with van der Waals surface area (Å²) in [5.41, 5.74) is 3.27. The standard InChI is InChI=1S/C29H27N5O3/c1-37-28(36)21-34-27(30-31-32-34)19-22-20-33(18-17-26(22)35)29(23-11-5-2-6-12-23,24-13-7-3-8-14-24)25-15-9-4-10-16-25/h2-16,19H,17-18,20-21H2,1H3. The molecule has 8 nitrogen and oxygen atoms in total. The fourth-order valence-corrected chi connectivity index (χ4v) is 5.04. The van der Waals surface area contributed by atoms with E-state index in [0.29, 0.717) is 30.9 Å². The molecule has 1 aliphatic heterocycles. The summed E-state index contributed by atoms with van der Waals surface area (Å²) in [6.45, 7) is 0.813. The lowest BCUT2D eigenvalue weighted by atomic mass is 9.74. The number of aromatic nitrogens is 4. The van der Waals surface area contributed by atoms with Gasteiger partial charge in [0.15, 0.2) is 11.6 Å². The number of Topliss-reactive ketones (excluding diaryl/α,β-unsaturated/α-hetero) is 1. The van der Waals surface area contributed by atoms with E-state index in [0.717, 1.165) is 16.7 Å². The highest BCUT2D eigenvalue weighted by atomic mass is 16.5. The van der Waals surface area contributed by atoms with Gasteiger partial charge < -0.3 is 4.74 Å². The summed E-state index contributed by atoms with van der Waals surface area (Å²) in [5.74, 6) is -0.105. The average Bonchev–Trinajstić information content (AvgIpc) is 3.38. The maximum Gasteiger partial charge on any atom is 0.327 e. The number of benzene rings is 3. The van der Waals surface area contributed by atoms with Crippen molar-refractivity contribution in [2.45, 2.75) is 18.5 Å². The summed E-state index contributed by atoms with van der Waals surface area (Å²) in [4.78, 5) is 27.3. The Morgan fingerprint density at radius 3 is 1.97 bits per heavy atom. The molecule has 2 heterocycles. The molecule has 1 aromatic heterocycles. The summed E-state index contributed by atoms with van der Waals surface area (Å²) < 4.78 is 6.08. The molecule has 0 aliphatic carbocycles. The number of methoxy groups -OCH3 is 1. The zero-order valence-electron chi connectivity index (χ0n) is 20.5. The second kappa shape index (κ2) is 10.7. The third-order valence-corrected chi connectivity index (χ3v) is 6.75. The number of piperidine rings is 1. The second-order valence-corrected chi connectivity index (χ2v) is 8.84. The van der Waals surface area contributed by atoms with Crippen LogP contribution in [-0.4, -0.2) is 57.1 Å². The summed E-state index contributed by atoms with van der Waals surface area (Å²) in [5, 5.41) is 11.6. The number of carbonyl (C=O) groups excluding carboxylic acids is 2. The normalized spacial score (nSPS) is 15.6. The largest absolute Gasteiger partial charge is 0.468 e. The Bertz CT molecular complexity index is 1300. The van der Waals surface area contributed by atoms with E-state index in [1.54, 1.807) is 6.08 Å². The molecule has 0 bridgehead atoms. The van der Waals surface area contributed by atoms with Crippen molar-refractivity contribution >= 4 is 17.8 Å². The van der Waals surface area contributed by atoms with Gasteiger partial charge in [0.05, 0.1) is 12.6 Å². The molecule has 5 rings (SSSR count). The number of carbonyl (C=O) groups is 2. The lowest BCUT2D eigenvalue weighted by Crippen LogP contribution is -2.52. The van der Waals surface area contributed by atoms with E-state index < -0.39 is 11.5 Å². The van der Waals surface area contributed by atoms with Gasteiger partial charge in [0.1, 0.15) is 6.54 Å². The van der Waals surface area contributed by atoms with E-state index >= 15 is 0 Å². The van der Waals surface area contributed by atoms with Crippen molar-refractivity contribution in [1.29, 1.82) is 0 Å². The van der Waals surface area contributed by atoms with E-state index in [9.17, 15) is 9.59 Å². The van der Waals surface area contributed by atoms with Gasteiger partial charge in [-0.1, -0.05) is 91.0 Å². The molecule has 1 fully saturated rings. The van der Waals surface area contributed by atoms with Crippen LogP contribution < -0.4 is 0 Å².